The number of nitrogens with zero attached hydrogens (tertiary/aromatic N) is 2. The molecule has 1 aliphatic rings. The van der Waals surface area contributed by atoms with Crippen LogP contribution in [0.25, 0.3) is 10.4 Å². The average molecular weight is 580 g/mol. The molecule has 0 unspecified atom stereocenters. The Hall–Kier alpha value is -3.25. The quantitative estimate of drug-likeness (QED) is 0.304. The summed E-state index contributed by atoms with van der Waals surface area (Å²) in [6.07, 6.45) is -1.55. The number of hydrogen-bond donors (Lipinski definition) is 2. The van der Waals surface area contributed by atoms with Gasteiger partial charge in [0.2, 0.25) is 5.91 Å². The van der Waals surface area contributed by atoms with Crippen LogP contribution in [-0.2, 0) is 11.0 Å². The molecule has 0 radical (unpaired) electrons. The molecule has 208 valence electrons. The van der Waals surface area contributed by atoms with Crippen LogP contribution in [0.2, 0.25) is 0 Å². The van der Waals surface area contributed by atoms with E-state index in [9.17, 15) is 32.7 Å². The smallest absolute Gasteiger partial charge is 0.418 e. The van der Waals surface area contributed by atoms with Crippen LogP contribution in [0.1, 0.15) is 72.2 Å². The number of nitrogens with one attached hydrogen (secondary N) is 1. The van der Waals surface area contributed by atoms with Crippen LogP contribution in [0, 0.1) is 11.8 Å². The number of hydrogen-bond acceptors (Lipinski definition) is 6. The first-order valence-electron chi connectivity index (χ1n) is 12.5. The minimum Gasteiger partial charge on any atom is -0.477 e. The summed E-state index contributed by atoms with van der Waals surface area (Å²) in [4.78, 5) is 43.5. The molecular formula is C27H28F3N3O4S2. The summed E-state index contributed by atoms with van der Waals surface area (Å²) in [7, 11) is 0. The number of rotatable bonds is 7. The Kier molecular flexibility index (Phi) is 8.45. The van der Waals surface area contributed by atoms with Gasteiger partial charge in [0, 0.05) is 22.2 Å². The first-order chi connectivity index (χ1) is 18.4. The van der Waals surface area contributed by atoms with Gasteiger partial charge in [-0.25, -0.2) is 9.78 Å². The number of amides is 2. The molecule has 2 aromatic heterocycles. The molecule has 12 heteroatoms. The van der Waals surface area contributed by atoms with Crippen molar-refractivity contribution < 1.29 is 32.7 Å². The van der Waals surface area contributed by atoms with Crippen LogP contribution >= 0.6 is 22.7 Å². The molecule has 0 bridgehead atoms. The molecular weight excluding hydrogens is 551 g/mol. The number of thiophene rings is 1. The third kappa shape index (κ3) is 6.33. The number of aromatic carboxylic acids is 1. The van der Waals surface area contributed by atoms with Crippen molar-refractivity contribution in [2.75, 3.05) is 10.2 Å². The van der Waals surface area contributed by atoms with Crippen LogP contribution in [0.3, 0.4) is 0 Å². The summed E-state index contributed by atoms with van der Waals surface area (Å²) >= 11 is 1.95. The Bertz CT molecular complexity index is 1360. The summed E-state index contributed by atoms with van der Waals surface area (Å²) in [5, 5.41) is 13.6. The molecule has 2 heterocycles. The van der Waals surface area contributed by atoms with Crippen molar-refractivity contribution in [2.24, 2.45) is 11.8 Å². The molecule has 1 fully saturated rings. The van der Waals surface area contributed by atoms with Gasteiger partial charge in [0.15, 0.2) is 0 Å². The van der Waals surface area contributed by atoms with E-state index in [1.165, 1.54) is 27.9 Å². The van der Waals surface area contributed by atoms with Crippen LogP contribution < -0.4 is 10.2 Å². The van der Waals surface area contributed by atoms with Gasteiger partial charge in [-0.15, -0.1) is 22.7 Å². The van der Waals surface area contributed by atoms with Gasteiger partial charge < -0.3 is 15.3 Å². The summed E-state index contributed by atoms with van der Waals surface area (Å²) in [5.74, 6) is -1.91. The number of carboxylic acids is 1. The highest BCUT2D eigenvalue weighted by atomic mass is 32.1. The van der Waals surface area contributed by atoms with E-state index in [0.29, 0.717) is 18.8 Å². The van der Waals surface area contributed by atoms with Gasteiger partial charge in [0.1, 0.15) is 10.6 Å². The van der Waals surface area contributed by atoms with Crippen molar-refractivity contribution in [3.05, 3.63) is 51.3 Å². The van der Waals surface area contributed by atoms with E-state index in [1.807, 2.05) is 0 Å². The van der Waals surface area contributed by atoms with Crippen molar-refractivity contribution in [3.8, 4) is 10.4 Å². The van der Waals surface area contributed by atoms with Gasteiger partial charge in [-0.05, 0) is 69.2 Å². The molecule has 4 rings (SSSR count). The fourth-order valence-corrected chi connectivity index (χ4v) is 6.28. The van der Waals surface area contributed by atoms with Crippen molar-refractivity contribution >= 4 is 51.8 Å². The molecule has 1 saturated carbocycles. The summed E-state index contributed by atoms with van der Waals surface area (Å²) in [6, 6.07) is 4.52. The minimum absolute atomic E-state index is 0.00272. The predicted molar refractivity (Wildman–Crippen MR) is 146 cm³/mol. The lowest BCUT2D eigenvalue weighted by Crippen LogP contribution is -2.42. The Morgan fingerprint density at radius 3 is 2.38 bits per heavy atom. The maximum atomic E-state index is 14.0. The molecule has 0 spiro atoms. The first kappa shape index (κ1) is 28.8. The van der Waals surface area contributed by atoms with E-state index in [0.717, 1.165) is 47.6 Å². The first-order valence-corrected chi connectivity index (χ1v) is 14.2. The maximum absolute atomic E-state index is 14.0. The molecule has 39 heavy (non-hydrogen) atoms. The molecule has 7 nitrogen and oxygen atoms in total. The lowest BCUT2D eigenvalue weighted by atomic mass is 9.82. The number of carbonyl (C=O) groups excluding carboxylic acids is 2. The predicted octanol–water partition coefficient (Wildman–Crippen LogP) is 7.41. The second-order valence-electron chi connectivity index (χ2n) is 9.97. The van der Waals surface area contributed by atoms with Gasteiger partial charge in [-0.2, -0.15) is 13.2 Å². The maximum Gasteiger partial charge on any atom is 0.418 e. The molecule has 2 N–H and O–H groups in total. The molecule has 2 amide bonds. The minimum atomic E-state index is -4.80. The van der Waals surface area contributed by atoms with E-state index in [1.54, 1.807) is 13.8 Å². The summed E-state index contributed by atoms with van der Waals surface area (Å²) < 4.78 is 42.0. The standard InChI is InChI=1S/C27H28F3N3O4S2/c1-14(2)33(25(35)16-6-4-15(3)5-7-16)21-11-22(39-23(21)26(36)37)17-8-9-19(18(10-17)27(28,29)30)32-24(34)20-12-38-13-31-20/h8-16H,4-7H2,1-3H3,(H,32,34)(H,36,37)/t15-,16-. The molecule has 0 saturated heterocycles. The van der Waals surface area contributed by atoms with Gasteiger partial charge in [-0.1, -0.05) is 13.0 Å². The lowest BCUT2D eigenvalue weighted by molar-refractivity contribution is -0.136. The zero-order chi connectivity index (χ0) is 28.5. The second kappa shape index (κ2) is 11.5. The number of aromatic nitrogens is 1. The largest absolute Gasteiger partial charge is 0.477 e. The molecule has 1 aromatic carbocycles. The number of benzene rings is 1. The Labute approximate surface area is 231 Å². The van der Waals surface area contributed by atoms with Gasteiger partial charge in [-0.3, -0.25) is 9.59 Å². The topological polar surface area (TPSA) is 99.6 Å². The van der Waals surface area contributed by atoms with E-state index in [4.69, 9.17) is 0 Å². The number of carboxylic acid groups (broad SMARTS) is 1. The third-order valence-corrected chi connectivity index (χ3v) is 8.56. The zero-order valence-electron chi connectivity index (χ0n) is 21.5. The Balaban J connectivity index is 1.72. The average Bonchev–Trinajstić information content (AvgIpc) is 3.55. The summed E-state index contributed by atoms with van der Waals surface area (Å²) in [6.45, 7) is 5.71. The molecule has 3 aromatic rings. The van der Waals surface area contributed by atoms with Crippen molar-refractivity contribution in [1.29, 1.82) is 0 Å². The van der Waals surface area contributed by atoms with Gasteiger partial charge in [0.05, 0.1) is 22.4 Å². The fourth-order valence-electron chi connectivity index (χ4n) is 4.76. The number of alkyl halides is 3. The highest BCUT2D eigenvalue weighted by Crippen LogP contribution is 2.43. The van der Waals surface area contributed by atoms with E-state index in [2.05, 4.69) is 17.2 Å². The van der Waals surface area contributed by atoms with Crippen molar-refractivity contribution in [3.63, 3.8) is 0 Å². The monoisotopic (exact) mass is 579 g/mol. The van der Waals surface area contributed by atoms with Crippen molar-refractivity contribution in [2.45, 2.75) is 58.7 Å². The third-order valence-electron chi connectivity index (χ3n) is 6.81. The molecule has 1 aliphatic carbocycles. The zero-order valence-corrected chi connectivity index (χ0v) is 23.2. The van der Waals surface area contributed by atoms with E-state index in [-0.39, 0.29) is 44.6 Å². The normalized spacial score (nSPS) is 17.7. The Morgan fingerprint density at radius 1 is 1.13 bits per heavy atom. The number of halogens is 3. The lowest BCUT2D eigenvalue weighted by Gasteiger charge is -2.33. The van der Waals surface area contributed by atoms with Crippen molar-refractivity contribution in [1.82, 2.24) is 4.98 Å². The molecule has 0 aliphatic heterocycles. The van der Waals surface area contributed by atoms with Crippen LogP contribution in [0.4, 0.5) is 24.5 Å². The van der Waals surface area contributed by atoms with Crippen LogP contribution in [-0.4, -0.2) is 33.9 Å². The van der Waals surface area contributed by atoms with E-state index < -0.39 is 29.3 Å². The number of anilines is 2. The van der Waals surface area contributed by atoms with Gasteiger partial charge >= 0.3 is 12.1 Å². The number of thiazole rings is 1. The number of carbonyl (C=O) groups is 3. The highest BCUT2D eigenvalue weighted by molar-refractivity contribution is 7.18. The second-order valence-corrected chi connectivity index (χ2v) is 11.7. The van der Waals surface area contributed by atoms with E-state index >= 15 is 0 Å². The Morgan fingerprint density at radius 2 is 1.82 bits per heavy atom. The van der Waals surface area contributed by atoms with Crippen LogP contribution in [0.15, 0.2) is 35.2 Å². The van der Waals surface area contributed by atoms with Gasteiger partial charge in [0.25, 0.3) is 5.91 Å². The summed E-state index contributed by atoms with van der Waals surface area (Å²) in [5.41, 5.74) is 0.174. The fraction of sp³-hybridized carbons (Fsp3) is 0.407. The molecule has 0 atom stereocenters. The SMILES string of the molecule is CC(C)N(c1cc(-c2ccc(NC(=O)c3cscn3)c(C(F)(F)F)c2)sc1C(=O)O)C(=O)[C@H]1CC[C@H](C)CC1. The highest BCUT2D eigenvalue weighted by Gasteiger charge is 2.36. The van der Waals surface area contributed by atoms with Crippen LogP contribution in [0.5, 0.6) is 0 Å².